The number of fused-ring (bicyclic) bond motifs is 1. The Kier molecular flexibility index (Phi) is 3.89. The van der Waals surface area contributed by atoms with Gasteiger partial charge in [-0.3, -0.25) is 0 Å². The van der Waals surface area contributed by atoms with Crippen LogP contribution in [0.3, 0.4) is 0 Å². The van der Waals surface area contributed by atoms with Crippen LogP contribution in [0.1, 0.15) is 22.1 Å². The zero-order valence-electron chi connectivity index (χ0n) is 12.0. The first kappa shape index (κ1) is 14.6. The van der Waals surface area contributed by atoms with Crippen LogP contribution in [-0.4, -0.2) is 20.2 Å². The van der Waals surface area contributed by atoms with Crippen molar-refractivity contribution in [2.45, 2.75) is 6.23 Å². The molecule has 1 aromatic heterocycles. The molecule has 0 spiro atoms. The van der Waals surface area contributed by atoms with Crippen molar-refractivity contribution in [3.63, 3.8) is 0 Å². The van der Waals surface area contributed by atoms with Gasteiger partial charge >= 0.3 is 5.97 Å². The van der Waals surface area contributed by atoms with Crippen LogP contribution in [0.4, 0.5) is 5.82 Å². The molecular formula is C15H14BrN2O4+. The van der Waals surface area contributed by atoms with Crippen molar-refractivity contribution >= 4 is 27.7 Å². The predicted molar refractivity (Wildman–Crippen MR) is 82.0 cm³/mol. The van der Waals surface area contributed by atoms with Crippen LogP contribution in [0, 0.1) is 0 Å². The summed E-state index contributed by atoms with van der Waals surface area (Å²) in [6.45, 7) is 0. The minimum Gasteiger partial charge on any atom is -0.493 e. The summed E-state index contributed by atoms with van der Waals surface area (Å²) in [5.74, 6) is 1.16. The van der Waals surface area contributed by atoms with Crippen molar-refractivity contribution in [3.8, 4) is 11.5 Å². The van der Waals surface area contributed by atoms with Gasteiger partial charge in [-0.15, -0.1) is 0 Å². The summed E-state index contributed by atoms with van der Waals surface area (Å²) in [5.41, 5.74) is 1.09. The third-order valence-corrected chi connectivity index (χ3v) is 3.84. The van der Waals surface area contributed by atoms with Gasteiger partial charge in [0.15, 0.2) is 11.5 Å². The van der Waals surface area contributed by atoms with Crippen LogP contribution in [0.25, 0.3) is 0 Å². The Hall–Kier alpha value is -2.28. The van der Waals surface area contributed by atoms with Crippen LogP contribution >= 0.6 is 15.9 Å². The van der Waals surface area contributed by atoms with E-state index in [9.17, 15) is 4.79 Å². The maximum absolute atomic E-state index is 12.2. The maximum atomic E-state index is 12.2. The highest BCUT2D eigenvalue weighted by molar-refractivity contribution is 9.10. The van der Waals surface area contributed by atoms with Crippen molar-refractivity contribution < 1.29 is 24.0 Å². The van der Waals surface area contributed by atoms with E-state index >= 15 is 0 Å². The first-order valence-corrected chi connectivity index (χ1v) is 7.33. The molecule has 3 rings (SSSR count). The average molecular weight is 366 g/mol. The average Bonchev–Trinajstić information content (AvgIpc) is 2.85. The molecule has 2 aromatic rings. The quantitative estimate of drug-likeness (QED) is 0.843. The number of hydrogen-bond acceptors (Lipinski definition) is 5. The normalized spacial score (nSPS) is 16.0. The van der Waals surface area contributed by atoms with E-state index in [0.717, 1.165) is 10.3 Å². The number of methoxy groups -OCH3 is 2. The molecule has 2 heterocycles. The van der Waals surface area contributed by atoms with Gasteiger partial charge in [0.2, 0.25) is 0 Å². The molecule has 0 saturated heterocycles. The Bertz CT molecular complexity index is 718. The van der Waals surface area contributed by atoms with Crippen LogP contribution in [0.15, 0.2) is 34.9 Å². The number of hydrogen-bond donors (Lipinski definition) is 1. The van der Waals surface area contributed by atoms with E-state index in [2.05, 4.69) is 26.2 Å². The molecule has 0 saturated carbocycles. The molecule has 1 atom stereocenters. The number of ether oxygens (including phenoxy) is 3. The molecule has 7 heteroatoms. The fraction of sp³-hybridized carbons (Fsp3) is 0.200. The minimum absolute atomic E-state index is 0.383. The number of nitrogens with one attached hydrogen (secondary N) is 2. The van der Waals surface area contributed by atoms with Crippen LogP contribution in [0.5, 0.6) is 11.5 Å². The Labute approximate surface area is 135 Å². The van der Waals surface area contributed by atoms with Crippen LogP contribution in [0.2, 0.25) is 0 Å². The summed E-state index contributed by atoms with van der Waals surface area (Å²) in [6.07, 6.45) is 1.20. The van der Waals surface area contributed by atoms with E-state index < -0.39 is 12.2 Å². The predicted octanol–water partition coefficient (Wildman–Crippen LogP) is 2.56. The lowest BCUT2D eigenvalue weighted by Gasteiger charge is -2.10. The molecule has 0 fully saturated rings. The zero-order chi connectivity index (χ0) is 15.7. The number of carbonyl (C=O) groups excluding carboxylic acids is 1. The van der Waals surface area contributed by atoms with Crippen LogP contribution < -0.4 is 19.8 Å². The number of cyclic esters (lactones) is 1. The monoisotopic (exact) mass is 365 g/mol. The number of esters is 1. The molecule has 114 valence electrons. The Morgan fingerprint density at radius 3 is 2.68 bits per heavy atom. The number of aromatic nitrogens is 1. The number of rotatable bonds is 4. The largest absolute Gasteiger partial charge is 0.493 e. The molecule has 2 N–H and O–H groups in total. The summed E-state index contributed by atoms with van der Waals surface area (Å²) in [4.78, 5) is 15.2. The maximum Gasteiger partial charge on any atom is 0.346 e. The first-order valence-electron chi connectivity index (χ1n) is 6.53. The van der Waals surface area contributed by atoms with Crippen molar-refractivity contribution in [1.82, 2.24) is 0 Å². The number of H-pyrrole nitrogens is 1. The molecule has 22 heavy (non-hydrogen) atoms. The van der Waals surface area contributed by atoms with E-state index in [1.165, 1.54) is 14.2 Å². The molecule has 0 aliphatic carbocycles. The number of benzene rings is 1. The molecule has 1 aliphatic rings. The highest BCUT2D eigenvalue weighted by Crippen LogP contribution is 2.41. The molecule has 0 radical (unpaired) electrons. The van der Waals surface area contributed by atoms with E-state index in [4.69, 9.17) is 14.2 Å². The number of pyridine rings is 1. The van der Waals surface area contributed by atoms with Gasteiger partial charge in [0, 0.05) is 6.07 Å². The zero-order valence-corrected chi connectivity index (χ0v) is 13.6. The summed E-state index contributed by atoms with van der Waals surface area (Å²) in [5, 5.41) is 3.13. The molecule has 1 aliphatic heterocycles. The molecule has 0 unspecified atom stereocenters. The standard InChI is InChI=1S/C15H13BrN2O4/c1-20-10-5-4-9-12(13(10)21-2)15(19)22-14(9)18-11-6-3-8(16)7-17-11/h3-7,14H,1-2H3,(H,17,18)/p+1/t14-/m0/s1. The Balaban J connectivity index is 1.96. The van der Waals surface area contributed by atoms with E-state index in [0.29, 0.717) is 22.6 Å². The van der Waals surface area contributed by atoms with Crippen molar-refractivity contribution in [1.29, 1.82) is 0 Å². The molecule has 6 nitrogen and oxygen atoms in total. The van der Waals surface area contributed by atoms with Crippen LogP contribution in [-0.2, 0) is 4.74 Å². The lowest BCUT2D eigenvalue weighted by atomic mass is 10.1. The van der Waals surface area contributed by atoms with E-state index in [1.54, 1.807) is 18.3 Å². The first-order chi connectivity index (χ1) is 10.6. The van der Waals surface area contributed by atoms with Gasteiger partial charge in [-0.05, 0) is 34.1 Å². The Morgan fingerprint density at radius 2 is 2.05 bits per heavy atom. The number of halogens is 1. The van der Waals surface area contributed by atoms with Gasteiger partial charge in [0.05, 0.1) is 24.3 Å². The number of anilines is 1. The van der Waals surface area contributed by atoms with Crippen molar-refractivity contribution in [3.05, 3.63) is 46.1 Å². The fourth-order valence-corrected chi connectivity index (χ4v) is 2.59. The second-order valence-electron chi connectivity index (χ2n) is 4.62. The van der Waals surface area contributed by atoms with Gasteiger partial charge in [0.25, 0.3) is 12.0 Å². The number of carbonyl (C=O) groups is 1. The van der Waals surface area contributed by atoms with Crippen molar-refractivity contribution in [2.24, 2.45) is 0 Å². The SMILES string of the molecule is COc1ccc2c(c1OC)C(=O)O[C@@H]2Nc1ccc(Br)c[nH+]1. The van der Waals surface area contributed by atoms with Gasteiger partial charge < -0.3 is 14.2 Å². The summed E-state index contributed by atoms with van der Waals surface area (Å²) >= 11 is 3.35. The Morgan fingerprint density at radius 1 is 1.23 bits per heavy atom. The third-order valence-electron chi connectivity index (χ3n) is 3.35. The highest BCUT2D eigenvalue weighted by Gasteiger charge is 2.38. The summed E-state index contributed by atoms with van der Waals surface area (Å²) in [6, 6.07) is 7.26. The highest BCUT2D eigenvalue weighted by atomic mass is 79.9. The molecule has 0 bridgehead atoms. The van der Waals surface area contributed by atoms with Gasteiger partial charge in [-0.1, -0.05) is 0 Å². The number of aromatic amines is 1. The third kappa shape index (κ3) is 2.48. The smallest absolute Gasteiger partial charge is 0.346 e. The fourth-order valence-electron chi connectivity index (χ4n) is 2.34. The molecular weight excluding hydrogens is 352 g/mol. The molecule has 1 aromatic carbocycles. The topological polar surface area (TPSA) is 70.9 Å². The van der Waals surface area contributed by atoms with Crippen molar-refractivity contribution in [2.75, 3.05) is 19.5 Å². The minimum atomic E-state index is -0.584. The summed E-state index contributed by atoms with van der Waals surface area (Å²) in [7, 11) is 3.02. The summed E-state index contributed by atoms with van der Waals surface area (Å²) < 4.78 is 16.8. The van der Waals surface area contributed by atoms with Gasteiger partial charge in [-0.25, -0.2) is 15.1 Å². The lowest BCUT2D eigenvalue weighted by Crippen LogP contribution is -2.17. The molecule has 0 amide bonds. The second-order valence-corrected chi connectivity index (χ2v) is 5.53. The second kappa shape index (κ2) is 5.84. The van der Waals surface area contributed by atoms with E-state index in [1.807, 2.05) is 12.1 Å². The van der Waals surface area contributed by atoms with Gasteiger partial charge in [0.1, 0.15) is 11.8 Å². The van der Waals surface area contributed by atoms with E-state index in [-0.39, 0.29) is 0 Å². The lowest BCUT2D eigenvalue weighted by molar-refractivity contribution is -0.362. The van der Waals surface area contributed by atoms with Gasteiger partial charge in [-0.2, -0.15) is 0 Å².